The van der Waals surface area contributed by atoms with Crippen molar-refractivity contribution in [3.05, 3.63) is 29.3 Å². The molecule has 4 heteroatoms. The minimum absolute atomic E-state index is 0.198. The van der Waals surface area contributed by atoms with Crippen LogP contribution in [-0.4, -0.2) is 14.2 Å². The predicted molar refractivity (Wildman–Crippen MR) is 52.3 cm³/mol. The van der Waals surface area contributed by atoms with Crippen LogP contribution in [0.4, 0.5) is 5.69 Å². The van der Waals surface area contributed by atoms with Crippen LogP contribution >= 0.6 is 0 Å². The summed E-state index contributed by atoms with van der Waals surface area (Å²) in [4.78, 5) is 0. The Morgan fingerprint density at radius 1 is 1.38 bits per heavy atom. The minimum Gasteiger partial charge on any atom is -0.283 e. The highest BCUT2D eigenvalue weighted by Crippen LogP contribution is 2.26. The molecule has 2 rings (SSSR count). The molecule has 0 saturated heterocycles. The summed E-state index contributed by atoms with van der Waals surface area (Å²) in [5.41, 5.74) is 2.85. The number of nitrogens with one attached hydrogen (secondary N) is 1. The Balaban J connectivity index is 2.56. The maximum atomic E-state index is 11.3. The minimum atomic E-state index is -3.07. The van der Waals surface area contributed by atoms with Crippen LogP contribution in [0.5, 0.6) is 0 Å². The van der Waals surface area contributed by atoms with Gasteiger partial charge < -0.3 is 0 Å². The van der Waals surface area contributed by atoms with E-state index in [1.165, 1.54) is 0 Å². The zero-order chi connectivity index (χ0) is 9.47. The number of fused-ring (bicyclic) bond motifs is 1. The van der Waals surface area contributed by atoms with Crippen LogP contribution in [-0.2, 0) is 16.4 Å². The fourth-order valence-corrected chi connectivity index (χ4v) is 2.73. The molecule has 1 aromatic rings. The second-order valence-electron chi connectivity index (χ2n) is 3.28. The summed E-state index contributed by atoms with van der Waals surface area (Å²) < 4.78 is 25.1. The Bertz CT molecular complexity index is 437. The topological polar surface area (TPSA) is 46.2 Å². The summed E-state index contributed by atoms with van der Waals surface area (Å²) in [5.74, 6) is 0.198. The first kappa shape index (κ1) is 8.56. The van der Waals surface area contributed by atoms with E-state index in [1.807, 2.05) is 25.1 Å². The van der Waals surface area contributed by atoms with Gasteiger partial charge in [0.15, 0.2) is 0 Å². The number of anilines is 1. The van der Waals surface area contributed by atoms with Crippen molar-refractivity contribution >= 4 is 15.7 Å². The molecular weight excluding hydrogens is 186 g/mol. The Morgan fingerprint density at radius 2 is 2.15 bits per heavy atom. The summed E-state index contributed by atoms with van der Waals surface area (Å²) in [7, 11) is -3.07. The molecule has 13 heavy (non-hydrogen) atoms. The third-order valence-electron chi connectivity index (χ3n) is 2.26. The third-order valence-corrected chi connectivity index (χ3v) is 3.51. The Hall–Kier alpha value is -1.03. The molecule has 1 N–H and O–H groups in total. The zero-order valence-electron chi connectivity index (χ0n) is 7.37. The number of aryl methyl sites for hydroxylation is 2. The molecule has 0 aromatic heterocycles. The van der Waals surface area contributed by atoms with Gasteiger partial charge in [0.1, 0.15) is 0 Å². The molecule has 1 heterocycles. The van der Waals surface area contributed by atoms with Crippen LogP contribution in [0.25, 0.3) is 0 Å². The van der Waals surface area contributed by atoms with Gasteiger partial charge in [0.25, 0.3) is 0 Å². The quantitative estimate of drug-likeness (QED) is 0.681. The van der Waals surface area contributed by atoms with Crippen LogP contribution in [0.15, 0.2) is 18.2 Å². The van der Waals surface area contributed by atoms with Gasteiger partial charge in [0, 0.05) is 0 Å². The Labute approximate surface area is 77.8 Å². The number of hydrogen-bond donors (Lipinski definition) is 1. The average molecular weight is 197 g/mol. The fourth-order valence-electron chi connectivity index (χ4n) is 1.53. The first-order chi connectivity index (χ1) is 6.08. The van der Waals surface area contributed by atoms with E-state index in [4.69, 9.17) is 0 Å². The maximum absolute atomic E-state index is 11.3. The van der Waals surface area contributed by atoms with Gasteiger partial charge in [-0.2, -0.15) is 0 Å². The molecule has 70 valence electrons. The molecule has 0 fully saturated rings. The smallest absolute Gasteiger partial charge is 0.233 e. The Morgan fingerprint density at radius 3 is 2.92 bits per heavy atom. The van der Waals surface area contributed by atoms with Crippen molar-refractivity contribution in [2.24, 2.45) is 0 Å². The van der Waals surface area contributed by atoms with Crippen LogP contribution in [0, 0.1) is 6.92 Å². The fraction of sp³-hybridized carbons (Fsp3) is 0.333. The molecule has 1 aromatic carbocycles. The lowest BCUT2D eigenvalue weighted by Gasteiger charge is -2.19. The lowest BCUT2D eigenvalue weighted by atomic mass is 10.1. The highest BCUT2D eigenvalue weighted by Gasteiger charge is 2.20. The van der Waals surface area contributed by atoms with E-state index in [0.717, 1.165) is 16.8 Å². The normalized spacial score (nSPS) is 18.8. The molecule has 1 aliphatic heterocycles. The molecule has 0 unspecified atom stereocenters. The molecule has 0 atom stereocenters. The molecule has 3 nitrogen and oxygen atoms in total. The first-order valence-electron chi connectivity index (χ1n) is 4.17. The Kier molecular flexibility index (Phi) is 1.80. The van der Waals surface area contributed by atoms with E-state index in [1.54, 1.807) is 0 Å². The highest BCUT2D eigenvalue weighted by molar-refractivity contribution is 7.92. The summed E-state index contributed by atoms with van der Waals surface area (Å²) >= 11 is 0. The van der Waals surface area contributed by atoms with Crippen molar-refractivity contribution in [2.75, 3.05) is 10.5 Å². The summed E-state index contributed by atoms with van der Waals surface area (Å²) in [6.45, 7) is 1.91. The van der Waals surface area contributed by atoms with Crippen LogP contribution in [0.2, 0.25) is 0 Å². The molecule has 0 amide bonds. The van der Waals surface area contributed by atoms with E-state index in [9.17, 15) is 8.42 Å². The van der Waals surface area contributed by atoms with E-state index < -0.39 is 10.0 Å². The van der Waals surface area contributed by atoms with Gasteiger partial charge in [-0.3, -0.25) is 4.72 Å². The monoisotopic (exact) mass is 197 g/mol. The average Bonchev–Trinajstić information content (AvgIpc) is 2.06. The summed E-state index contributed by atoms with van der Waals surface area (Å²) in [6.07, 6.45) is 0.617. The predicted octanol–water partition coefficient (Wildman–Crippen LogP) is 1.29. The molecule has 0 saturated carbocycles. The van der Waals surface area contributed by atoms with Gasteiger partial charge in [0.2, 0.25) is 10.0 Å². The van der Waals surface area contributed by atoms with Gasteiger partial charge in [-0.1, -0.05) is 18.2 Å². The lowest BCUT2D eigenvalue weighted by molar-refractivity contribution is 0.599. The van der Waals surface area contributed by atoms with Crippen molar-refractivity contribution in [1.29, 1.82) is 0 Å². The van der Waals surface area contributed by atoms with Crippen LogP contribution in [0.1, 0.15) is 11.1 Å². The van der Waals surface area contributed by atoms with Crippen molar-refractivity contribution in [2.45, 2.75) is 13.3 Å². The number of para-hydroxylation sites is 1. The first-order valence-corrected chi connectivity index (χ1v) is 5.83. The molecule has 0 spiro atoms. The molecule has 0 aliphatic carbocycles. The van der Waals surface area contributed by atoms with Crippen molar-refractivity contribution in [3.63, 3.8) is 0 Å². The number of hydrogen-bond acceptors (Lipinski definition) is 2. The van der Waals surface area contributed by atoms with E-state index in [-0.39, 0.29) is 5.75 Å². The van der Waals surface area contributed by atoms with Gasteiger partial charge in [-0.25, -0.2) is 8.42 Å². The molecule has 0 radical (unpaired) electrons. The molecule has 0 bridgehead atoms. The lowest BCUT2D eigenvalue weighted by Crippen LogP contribution is -2.24. The zero-order valence-corrected chi connectivity index (χ0v) is 8.19. The van der Waals surface area contributed by atoms with Crippen molar-refractivity contribution in [3.8, 4) is 0 Å². The van der Waals surface area contributed by atoms with Gasteiger partial charge in [0.05, 0.1) is 11.4 Å². The van der Waals surface area contributed by atoms with E-state index in [2.05, 4.69) is 4.72 Å². The highest BCUT2D eigenvalue weighted by atomic mass is 32.2. The largest absolute Gasteiger partial charge is 0.283 e. The van der Waals surface area contributed by atoms with Crippen LogP contribution < -0.4 is 4.72 Å². The second-order valence-corrected chi connectivity index (χ2v) is 5.12. The molecular formula is C9H11NO2S. The molecule has 1 aliphatic rings. The number of sulfonamides is 1. The van der Waals surface area contributed by atoms with Gasteiger partial charge >= 0.3 is 0 Å². The van der Waals surface area contributed by atoms with E-state index in [0.29, 0.717) is 6.42 Å². The maximum Gasteiger partial charge on any atom is 0.233 e. The summed E-state index contributed by atoms with van der Waals surface area (Å²) in [6, 6.07) is 5.82. The summed E-state index contributed by atoms with van der Waals surface area (Å²) in [5, 5.41) is 0. The van der Waals surface area contributed by atoms with Crippen LogP contribution in [0.3, 0.4) is 0 Å². The van der Waals surface area contributed by atoms with E-state index >= 15 is 0 Å². The van der Waals surface area contributed by atoms with Gasteiger partial charge in [-0.15, -0.1) is 0 Å². The van der Waals surface area contributed by atoms with Crippen molar-refractivity contribution < 1.29 is 8.42 Å². The second kappa shape index (κ2) is 2.73. The number of benzene rings is 1. The third kappa shape index (κ3) is 1.54. The van der Waals surface area contributed by atoms with Gasteiger partial charge in [-0.05, 0) is 24.5 Å². The SMILES string of the molecule is Cc1cccc2c1NS(=O)(=O)CC2. The van der Waals surface area contributed by atoms with Crippen molar-refractivity contribution in [1.82, 2.24) is 0 Å². The standard InChI is InChI=1S/C9H11NO2S/c1-7-3-2-4-8-5-6-13(11,12)10-9(7)8/h2-4,10H,5-6H2,1H3. The number of rotatable bonds is 0.